The molecule has 0 bridgehead atoms. The van der Waals surface area contributed by atoms with E-state index in [1.165, 1.54) is 6.92 Å². The Morgan fingerprint density at radius 2 is 2.05 bits per heavy atom. The van der Waals surface area contributed by atoms with E-state index in [2.05, 4.69) is 21.2 Å². The third kappa shape index (κ3) is 5.00. The van der Waals surface area contributed by atoms with Crippen LogP contribution < -0.4 is 5.32 Å². The Kier molecular flexibility index (Phi) is 5.08. The highest BCUT2D eigenvalue weighted by Gasteiger charge is 2.25. The van der Waals surface area contributed by atoms with Gasteiger partial charge in [0.05, 0.1) is 12.0 Å². The average Bonchev–Trinajstić information content (AvgIpc) is 2.24. The Bertz CT molecular complexity index is 499. The quantitative estimate of drug-likeness (QED) is 0.767. The van der Waals surface area contributed by atoms with Crippen LogP contribution in [0.15, 0.2) is 22.7 Å². The first-order valence-electron chi connectivity index (χ1n) is 5.70. The Hall–Kier alpha value is -1.40. The van der Waals surface area contributed by atoms with Gasteiger partial charge in [0.2, 0.25) is 0 Å². The van der Waals surface area contributed by atoms with Crippen molar-refractivity contribution in [2.75, 3.05) is 6.54 Å². The summed E-state index contributed by atoms with van der Waals surface area (Å²) in [5.41, 5.74) is -0.177. The zero-order chi connectivity index (χ0) is 14.6. The van der Waals surface area contributed by atoms with Crippen LogP contribution in [0.1, 0.15) is 29.3 Å². The molecule has 0 saturated carbocycles. The number of carbonyl (C=O) groups excluding carboxylic acids is 1. The zero-order valence-corrected chi connectivity index (χ0v) is 12.3. The lowest BCUT2D eigenvalue weighted by Gasteiger charge is -2.21. The fourth-order valence-corrected chi connectivity index (χ4v) is 2.11. The predicted molar refractivity (Wildman–Crippen MR) is 74.1 cm³/mol. The van der Waals surface area contributed by atoms with Gasteiger partial charge in [-0.3, -0.25) is 9.59 Å². The highest BCUT2D eigenvalue weighted by Crippen LogP contribution is 2.16. The molecule has 3 N–H and O–H groups in total. The zero-order valence-electron chi connectivity index (χ0n) is 10.7. The van der Waals surface area contributed by atoms with Crippen molar-refractivity contribution in [3.05, 3.63) is 33.8 Å². The van der Waals surface area contributed by atoms with Gasteiger partial charge in [0.25, 0.3) is 5.91 Å². The Morgan fingerprint density at radius 1 is 1.42 bits per heavy atom. The van der Waals surface area contributed by atoms with Gasteiger partial charge < -0.3 is 15.5 Å². The molecule has 1 aromatic carbocycles. The van der Waals surface area contributed by atoms with Gasteiger partial charge in [-0.25, -0.2) is 0 Å². The summed E-state index contributed by atoms with van der Waals surface area (Å²) in [4.78, 5) is 22.5. The van der Waals surface area contributed by atoms with E-state index in [-0.39, 0.29) is 12.5 Å². The van der Waals surface area contributed by atoms with Crippen molar-refractivity contribution in [1.82, 2.24) is 5.32 Å². The van der Waals surface area contributed by atoms with E-state index in [1.54, 1.807) is 19.1 Å². The maximum absolute atomic E-state index is 11.9. The van der Waals surface area contributed by atoms with Crippen molar-refractivity contribution >= 4 is 27.8 Å². The summed E-state index contributed by atoms with van der Waals surface area (Å²) in [6.45, 7) is 3.05. The molecule has 1 unspecified atom stereocenters. The molecule has 1 amide bonds. The number of aliphatic carboxylic acids is 1. The first-order chi connectivity index (χ1) is 8.71. The molecule has 0 aliphatic carbocycles. The lowest BCUT2D eigenvalue weighted by Crippen LogP contribution is -2.42. The molecule has 1 rings (SSSR count). The summed E-state index contributed by atoms with van der Waals surface area (Å²) in [6.07, 6.45) is -0.424. The minimum Gasteiger partial charge on any atom is -0.481 e. The maximum atomic E-state index is 11.9. The first-order valence-corrected chi connectivity index (χ1v) is 6.49. The van der Waals surface area contributed by atoms with Crippen molar-refractivity contribution < 1.29 is 19.8 Å². The molecule has 0 aliphatic heterocycles. The molecule has 19 heavy (non-hydrogen) atoms. The highest BCUT2D eigenvalue weighted by molar-refractivity contribution is 9.10. The molecule has 0 aromatic heterocycles. The predicted octanol–water partition coefficient (Wildman–Crippen LogP) is 1.71. The first kappa shape index (κ1) is 15.7. The van der Waals surface area contributed by atoms with Crippen molar-refractivity contribution in [3.63, 3.8) is 0 Å². The van der Waals surface area contributed by atoms with Gasteiger partial charge >= 0.3 is 5.97 Å². The van der Waals surface area contributed by atoms with Crippen molar-refractivity contribution in [2.24, 2.45) is 0 Å². The lowest BCUT2D eigenvalue weighted by atomic mass is 10.0. The van der Waals surface area contributed by atoms with E-state index in [9.17, 15) is 14.7 Å². The summed E-state index contributed by atoms with van der Waals surface area (Å²) in [6, 6.07) is 5.22. The molecular weight excluding hydrogens is 314 g/mol. The van der Waals surface area contributed by atoms with Gasteiger partial charge in [-0.05, 0) is 37.6 Å². The molecule has 1 aromatic rings. The van der Waals surface area contributed by atoms with Crippen LogP contribution in [0, 0.1) is 6.92 Å². The number of aryl methyl sites for hydroxylation is 1. The third-order valence-corrected chi connectivity index (χ3v) is 3.09. The topological polar surface area (TPSA) is 86.6 Å². The largest absolute Gasteiger partial charge is 0.481 e. The Labute approximate surface area is 119 Å². The van der Waals surface area contributed by atoms with Crippen LogP contribution in [0.5, 0.6) is 0 Å². The van der Waals surface area contributed by atoms with Gasteiger partial charge in [0.1, 0.15) is 0 Å². The summed E-state index contributed by atoms with van der Waals surface area (Å²) < 4.78 is 0.874. The number of amides is 1. The summed E-state index contributed by atoms with van der Waals surface area (Å²) in [5.74, 6) is -1.45. The van der Waals surface area contributed by atoms with Gasteiger partial charge in [0.15, 0.2) is 0 Å². The average molecular weight is 330 g/mol. The van der Waals surface area contributed by atoms with E-state index in [0.717, 1.165) is 10.0 Å². The van der Waals surface area contributed by atoms with E-state index in [1.807, 2.05) is 6.07 Å². The van der Waals surface area contributed by atoms with Crippen LogP contribution in [0.4, 0.5) is 0 Å². The molecule has 0 spiro atoms. The SMILES string of the molecule is Cc1cc(Br)ccc1C(=O)NCC(C)(O)CC(=O)O. The molecular formula is C13H16BrNO4. The van der Waals surface area contributed by atoms with Crippen LogP contribution in [0.25, 0.3) is 0 Å². The van der Waals surface area contributed by atoms with Crippen LogP contribution in [0.3, 0.4) is 0 Å². The second kappa shape index (κ2) is 6.16. The van der Waals surface area contributed by atoms with Crippen LogP contribution in [-0.2, 0) is 4.79 Å². The monoisotopic (exact) mass is 329 g/mol. The molecule has 0 fully saturated rings. The molecule has 1 atom stereocenters. The van der Waals surface area contributed by atoms with E-state index in [0.29, 0.717) is 5.56 Å². The number of carboxylic acids is 1. The molecule has 104 valence electrons. The van der Waals surface area contributed by atoms with Crippen LogP contribution in [-0.4, -0.2) is 34.2 Å². The highest BCUT2D eigenvalue weighted by atomic mass is 79.9. The number of rotatable bonds is 5. The number of carbonyl (C=O) groups is 2. The van der Waals surface area contributed by atoms with Crippen LogP contribution >= 0.6 is 15.9 Å². The Balaban J connectivity index is 2.68. The fraction of sp³-hybridized carbons (Fsp3) is 0.385. The second-order valence-electron chi connectivity index (χ2n) is 4.71. The normalized spacial score (nSPS) is 13.7. The third-order valence-electron chi connectivity index (χ3n) is 2.59. The van der Waals surface area contributed by atoms with Gasteiger partial charge in [0, 0.05) is 16.6 Å². The maximum Gasteiger partial charge on any atom is 0.306 e. The second-order valence-corrected chi connectivity index (χ2v) is 5.63. The van der Waals surface area contributed by atoms with Gasteiger partial charge in [-0.1, -0.05) is 15.9 Å². The molecule has 5 nitrogen and oxygen atoms in total. The van der Waals surface area contributed by atoms with Crippen molar-refractivity contribution in [3.8, 4) is 0 Å². The summed E-state index contributed by atoms with van der Waals surface area (Å²) in [7, 11) is 0. The number of aliphatic hydroxyl groups is 1. The smallest absolute Gasteiger partial charge is 0.306 e. The number of benzene rings is 1. The number of hydrogen-bond acceptors (Lipinski definition) is 3. The minimum atomic E-state index is -1.47. The van der Waals surface area contributed by atoms with Crippen molar-refractivity contribution in [1.29, 1.82) is 0 Å². The summed E-state index contributed by atoms with van der Waals surface area (Å²) in [5, 5.41) is 21.0. The molecule has 6 heteroatoms. The van der Waals surface area contributed by atoms with E-state index >= 15 is 0 Å². The molecule has 0 saturated heterocycles. The van der Waals surface area contributed by atoms with E-state index < -0.39 is 18.0 Å². The fourth-order valence-electron chi connectivity index (χ4n) is 1.64. The minimum absolute atomic E-state index is 0.117. The Morgan fingerprint density at radius 3 is 2.58 bits per heavy atom. The number of carboxylic acid groups (broad SMARTS) is 1. The molecule has 0 radical (unpaired) electrons. The number of hydrogen-bond donors (Lipinski definition) is 3. The van der Waals surface area contributed by atoms with E-state index in [4.69, 9.17) is 5.11 Å². The van der Waals surface area contributed by atoms with Crippen molar-refractivity contribution in [2.45, 2.75) is 25.9 Å². The van der Waals surface area contributed by atoms with Gasteiger partial charge in [-0.15, -0.1) is 0 Å². The number of nitrogens with one attached hydrogen (secondary N) is 1. The lowest BCUT2D eigenvalue weighted by molar-refractivity contribution is -0.141. The number of halogens is 1. The van der Waals surface area contributed by atoms with Crippen LogP contribution in [0.2, 0.25) is 0 Å². The molecule has 0 heterocycles. The van der Waals surface area contributed by atoms with Gasteiger partial charge in [-0.2, -0.15) is 0 Å². The standard InChI is InChI=1S/C13H16BrNO4/c1-8-5-9(14)3-4-10(8)12(18)15-7-13(2,19)6-11(16)17/h3-5,19H,6-7H2,1-2H3,(H,15,18)(H,16,17). The summed E-state index contributed by atoms with van der Waals surface area (Å²) >= 11 is 3.31. The molecule has 0 aliphatic rings.